The van der Waals surface area contributed by atoms with Crippen LogP contribution in [-0.4, -0.2) is 74.7 Å². The number of carbonyl (C=O) groups is 1. The first-order valence-corrected chi connectivity index (χ1v) is 9.42. The van der Waals surface area contributed by atoms with Crippen LogP contribution in [0.1, 0.15) is 24.2 Å². The number of rotatable bonds is 5. The van der Waals surface area contributed by atoms with Crippen molar-refractivity contribution in [2.75, 3.05) is 46.3 Å². The molecule has 0 bridgehead atoms. The van der Waals surface area contributed by atoms with Crippen LogP contribution in [0.3, 0.4) is 0 Å². The third-order valence-electron chi connectivity index (χ3n) is 4.21. The number of amides is 1. The molecule has 2 rings (SSSR count). The number of carbonyl (C=O) groups excluding carboxylic acids is 1. The van der Waals surface area contributed by atoms with E-state index in [1.165, 1.54) is 10.4 Å². The Bertz CT molecular complexity index is 654. The molecular weight excluding hydrogens is 350 g/mol. The molecule has 1 heterocycles. The number of sulfonamides is 1. The first-order chi connectivity index (χ1) is 10.9. The summed E-state index contributed by atoms with van der Waals surface area (Å²) in [6, 6.07) is 6.37. The number of nitrogens with zero attached hydrogens (tertiary/aromatic N) is 3. The number of hydrogen-bond donors (Lipinski definition) is 0. The lowest BCUT2D eigenvalue weighted by Crippen LogP contribution is -2.47. The van der Waals surface area contributed by atoms with Gasteiger partial charge in [0.15, 0.2) is 0 Å². The highest BCUT2D eigenvalue weighted by atomic mass is 35.5. The van der Waals surface area contributed by atoms with Crippen molar-refractivity contribution in [1.82, 2.24) is 14.1 Å². The van der Waals surface area contributed by atoms with Crippen molar-refractivity contribution in [2.45, 2.75) is 18.7 Å². The Morgan fingerprint density at radius 2 is 1.71 bits per heavy atom. The van der Waals surface area contributed by atoms with E-state index in [0.29, 0.717) is 31.7 Å². The molecule has 1 saturated heterocycles. The fourth-order valence-corrected chi connectivity index (χ4v) is 4.20. The Hall–Kier alpha value is -1.15. The topological polar surface area (TPSA) is 60.9 Å². The van der Waals surface area contributed by atoms with E-state index >= 15 is 0 Å². The molecule has 0 atom stereocenters. The number of hydrogen-bond acceptors (Lipinski definition) is 4. The summed E-state index contributed by atoms with van der Waals surface area (Å²) in [5.74, 6) is -0.102. The minimum absolute atomic E-state index is 0. The Morgan fingerprint density at radius 3 is 2.25 bits per heavy atom. The largest absolute Gasteiger partial charge is 0.336 e. The van der Waals surface area contributed by atoms with E-state index in [9.17, 15) is 13.2 Å². The summed E-state index contributed by atoms with van der Waals surface area (Å²) in [4.78, 5) is 16.7. The molecule has 0 unspecified atom stereocenters. The number of halogens is 1. The van der Waals surface area contributed by atoms with Gasteiger partial charge in [-0.3, -0.25) is 4.79 Å². The fraction of sp³-hybridized carbons (Fsp3) is 0.562. The number of benzene rings is 1. The third kappa shape index (κ3) is 4.47. The predicted octanol–water partition coefficient (Wildman–Crippen LogP) is 1.53. The van der Waals surface area contributed by atoms with Crippen LogP contribution in [0.5, 0.6) is 0 Å². The van der Waals surface area contributed by atoms with E-state index in [0.717, 1.165) is 13.1 Å². The van der Waals surface area contributed by atoms with Gasteiger partial charge in [-0.15, -0.1) is 12.4 Å². The van der Waals surface area contributed by atoms with Gasteiger partial charge in [-0.25, -0.2) is 8.42 Å². The van der Waals surface area contributed by atoms with Gasteiger partial charge in [-0.2, -0.15) is 4.31 Å². The van der Waals surface area contributed by atoms with Crippen LogP contribution in [0.25, 0.3) is 0 Å². The second-order valence-electron chi connectivity index (χ2n) is 5.71. The van der Waals surface area contributed by atoms with Crippen LogP contribution in [0, 0.1) is 0 Å². The monoisotopic (exact) mass is 375 g/mol. The molecule has 1 aromatic carbocycles. The van der Waals surface area contributed by atoms with E-state index in [1.807, 2.05) is 7.05 Å². The Kier molecular flexibility index (Phi) is 7.66. The van der Waals surface area contributed by atoms with Gasteiger partial charge in [0.25, 0.3) is 5.91 Å². The Balaban J connectivity index is 0.00000288. The molecule has 6 nitrogen and oxygen atoms in total. The normalized spacial score (nSPS) is 16.1. The summed E-state index contributed by atoms with van der Waals surface area (Å²) in [5.41, 5.74) is 0.433. The molecule has 0 saturated carbocycles. The van der Waals surface area contributed by atoms with Crippen molar-refractivity contribution >= 4 is 28.3 Å². The molecule has 1 aliphatic rings. The average molecular weight is 376 g/mol. The molecule has 0 aliphatic carbocycles. The van der Waals surface area contributed by atoms with Crippen molar-refractivity contribution in [1.29, 1.82) is 0 Å². The standard InChI is InChI=1S/C16H25N3O3S.ClH/c1-4-19(5-2)23(21,22)15-8-6-7-14(13-15)16(20)18-11-9-17(3)10-12-18;/h6-8,13H,4-5,9-12H2,1-3H3;1H. The molecule has 1 amide bonds. The zero-order valence-corrected chi connectivity index (χ0v) is 16.1. The summed E-state index contributed by atoms with van der Waals surface area (Å²) in [6.45, 7) is 7.45. The van der Waals surface area contributed by atoms with E-state index in [2.05, 4.69) is 4.90 Å². The molecule has 1 aromatic rings. The van der Waals surface area contributed by atoms with Crippen LogP contribution in [-0.2, 0) is 10.0 Å². The first-order valence-electron chi connectivity index (χ1n) is 7.98. The number of piperazine rings is 1. The van der Waals surface area contributed by atoms with Crippen LogP contribution in [0.4, 0.5) is 0 Å². The molecule has 0 radical (unpaired) electrons. The Labute approximate surface area is 150 Å². The van der Waals surface area contributed by atoms with Gasteiger partial charge in [0, 0.05) is 44.8 Å². The molecule has 0 N–H and O–H groups in total. The molecule has 136 valence electrons. The summed E-state index contributed by atoms with van der Waals surface area (Å²) >= 11 is 0. The van der Waals surface area contributed by atoms with E-state index in [-0.39, 0.29) is 23.2 Å². The first kappa shape index (κ1) is 20.9. The van der Waals surface area contributed by atoms with Gasteiger partial charge in [-0.1, -0.05) is 19.9 Å². The lowest BCUT2D eigenvalue weighted by Gasteiger charge is -2.32. The van der Waals surface area contributed by atoms with E-state index < -0.39 is 10.0 Å². The predicted molar refractivity (Wildman–Crippen MR) is 97.2 cm³/mol. The van der Waals surface area contributed by atoms with Crippen molar-refractivity contribution in [3.8, 4) is 0 Å². The minimum Gasteiger partial charge on any atom is -0.336 e. The van der Waals surface area contributed by atoms with Crippen molar-refractivity contribution in [3.63, 3.8) is 0 Å². The van der Waals surface area contributed by atoms with Gasteiger partial charge >= 0.3 is 0 Å². The molecule has 1 fully saturated rings. The molecular formula is C16H26ClN3O3S. The smallest absolute Gasteiger partial charge is 0.253 e. The highest BCUT2D eigenvalue weighted by molar-refractivity contribution is 7.89. The quantitative estimate of drug-likeness (QED) is 0.783. The zero-order valence-electron chi connectivity index (χ0n) is 14.4. The van der Waals surface area contributed by atoms with E-state index in [4.69, 9.17) is 0 Å². The minimum atomic E-state index is -3.54. The van der Waals surface area contributed by atoms with Gasteiger partial charge in [0.2, 0.25) is 10.0 Å². The van der Waals surface area contributed by atoms with Crippen LogP contribution >= 0.6 is 12.4 Å². The highest BCUT2D eigenvalue weighted by Crippen LogP contribution is 2.18. The summed E-state index contributed by atoms with van der Waals surface area (Å²) in [6.07, 6.45) is 0. The zero-order chi connectivity index (χ0) is 17.0. The molecule has 24 heavy (non-hydrogen) atoms. The second-order valence-corrected chi connectivity index (χ2v) is 7.65. The average Bonchev–Trinajstić information content (AvgIpc) is 2.56. The van der Waals surface area contributed by atoms with Gasteiger partial charge in [-0.05, 0) is 25.2 Å². The molecule has 0 aromatic heterocycles. The summed E-state index contributed by atoms with van der Waals surface area (Å²) in [7, 11) is -1.52. The van der Waals surface area contributed by atoms with Crippen molar-refractivity contribution in [2.24, 2.45) is 0 Å². The molecule has 0 spiro atoms. The Morgan fingerprint density at radius 1 is 1.12 bits per heavy atom. The number of likely N-dealkylation sites (N-methyl/N-ethyl adjacent to an activating group) is 1. The summed E-state index contributed by atoms with van der Waals surface area (Å²) < 4.78 is 26.6. The van der Waals surface area contributed by atoms with Crippen molar-refractivity contribution < 1.29 is 13.2 Å². The van der Waals surface area contributed by atoms with Gasteiger partial charge < -0.3 is 9.80 Å². The maximum Gasteiger partial charge on any atom is 0.253 e. The lowest BCUT2D eigenvalue weighted by molar-refractivity contribution is 0.0664. The maximum absolute atomic E-state index is 12.6. The molecule has 8 heteroatoms. The van der Waals surface area contributed by atoms with Crippen molar-refractivity contribution in [3.05, 3.63) is 29.8 Å². The van der Waals surface area contributed by atoms with Crippen LogP contribution in [0.2, 0.25) is 0 Å². The second kappa shape index (κ2) is 8.80. The SMILES string of the molecule is CCN(CC)S(=O)(=O)c1cccc(C(=O)N2CCN(C)CC2)c1.Cl. The maximum atomic E-state index is 12.6. The van der Waals surface area contributed by atoms with Crippen LogP contribution in [0.15, 0.2) is 29.2 Å². The van der Waals surface area contributed by atoms with E-state index in [1.54, 1.807) is 36.9 Å². The molecule has 1 aliphatic heterocycles. The van der Waals surface area contributed by atoms with Gasteiger partial charge in [0.05, 0.1) is 4.90 Å². The lowest BCUT2D eigenvalue weighted by atomic mass is 10.2. The highest BCUT2D eigenvalue weighted by Gasteiger charge is 2.24. The third-order valence-corrected chi connectivity index (χ3v) is 6.26. The van der Waals surface area contributed by atoms with Crippen LogP contribution < -0.4 is 0 Å². The fourth-order valence-electron chi connectivity index (χ4n) is 2.69. The van der Waals surface area contributed by atoms with Gasteiger partial charge in [0.1, 0.15) is 0 Å². The summed E-state index contributed by atoms with van der Waals surface area (Å²) in [5, 5.41) is 0.